The number of halogens is 2. The van der Waals surface area contributed by atoms with E-state index in [1.807, 2.05) is 18.2 Å². The Balaban J connectivity index is 0.000000249. The van der Waals surface area contributed by atoms with E-state index in [0.717, 1.165) is 0 Å². The molecule has 171 valence electrons. The van der Waals surface area contributed by atoms with Gasteiger partial charge in [-0.25, -0.2) is 0 Å². The van der Waals surface area contributed by atoms with Gasteiger partial charge in [0.15, 0.2) is 0 Å². The van der Waals surface area contributed by atoms with Gasteiger partial charge >= 0.3 is 35.6 Å². The monoisotopic (exact) mass is 528 g/mol. The summed E-state index contributed by atoms with van der Waals surface area (Å²) >= 11 is -0.556. The third kappa shape index (κ3) is 7.13. The van der Waals surface area contributed by atoms with E-state index in [-0.39, 0.29) is 0 Å². The van der Waals surface area contributed by atoms with Crippen molar-refractivity contribution in [1.29, 1.82) is 0 Å². The maximum absolute atomic E-state index is 6.97. The molecule has 0 saturated heterocycles. The molecule has 33 heavy (non-hydrogen) atoms. The fraction of sp³-hybridized carbons (Fsp3) is 0.172. The molecule has 1 aliphatic rings. The molecule has 3 aromatic rings. The Morgan fingerprint density at radius 1 is 0.485 bits per heavy atom. The van der Waals surface area contributed by atoms with Crippen molar-refractivity contribution < 1.29 is 17.0 Å². The van der Waals surface area contributed by atoms with E-state index in [0.29, 0.717) is 0 Å². The van der Waals surface area contributed by atoms with Crippen LogP contribution in [0.5, 0.6) is 0 Å². The van der Waals surface area contributed by atoms with Crippen LogP contribution in [0.1, 0.15) is 34.6 Å². The van der Waals surface area contributed by atoms with E-state index in [1.54, 1.807) is 0 Å². The first-order valence-electron chi connectivity index (χ1n) is 10.8. The van der Waals surface area contributed by atoms with Gasteiger partial charge in [-0.3, -0.25) is 0 Å². The molecule has 3 aromatic carbocycles. The zero-order valence-electron chi connectivity index (χ0n) is 19.9. The fourth-order valence-electron chi connectivity index (χ4n) is 3.84. The normalized spacial score (nSPS) is 15.8. The molecular weight excluding hydrogens is 498 g/mol. The average molecular weight is 529 g/mol. The van der Waals surface area contributed by atoms with Crippen molar-refractivity contribution in [2.24, 2.45) is 0 Å². The molecule has 0 aliphatic heterocycles. The molecule has 0 nitrogen and oxygen atoms in total. The van der Waals surface area contributed by atoms with Crippen LogP contribution in [0.2, 0.25) is 0 Å². The molecule has 4 heteroatoms. The maximum atomic E-state index is 6.97. The van der Waals surface area contributed by atoms with Crippen LogP contribution in [0.3, 0.4) is 0 Å². The van der Waals surface area contributed by atoms with E-state index in [1.165, 1.54) is 45.5 Å². The fourth-order valence-corrected chi connectivity index (χ4v) is 6.66. The standard InChI is InChI=1S/C19H16P.C10H15.2ClH.Ti/c1-20(17-11-5-2-6-12-17,18-13-7-3-8-14-18)19-15-9-4-10-16-19;1-6-7(2)9(4)10(5)8(6)3;;;/h1-16H;1-5H3;2*1H;/q-1;;;;+2/p-2. The molecule has 0 aromatic heterocycles. The molecule has 4 rings (SSSR count). The predicted octanol–water partition coefficient (Wildman–Crippen LogP) is 7.64. The quantitative estimate of drug-likeness (QED) is 0.186. The van der Waals surface area contributed by atoms with E-state index in [9.17, 15) is 0 Å². The molecule has 1 saturated carbocycles. The summed E-state index contributed by atoms with van der Waals surface area (Å²) < 4.78 is 0. The van der Waals surface area contributed by atoms with Gasteiger partial charge in [0.05, 0.1) is 0 Å². The topological polar surface area (TPSA) is 0 Å². The van der Waals surface area contributed by atoms with Crippen molar-refractivity contribution >= 4 is 47.7 Å². The summed E-state index contributed by atoms with van der Waals surface area (Å²) in [6, 6.07) is 31.2. The number of hydrogen-bond acceptors (Lipinski definition) is 0. The van der Waals surface area contributed by atoms with Crippen LogP contribution >= 0.6 is 25.5 Å². The first kappa shape index (κ1) is 28.5. The number of rotatable bonds is 3. The van der Waals surface area contributed by atoms with Gasteiger partial charge in [-0.2, -0.15) is 6.89 Å². The summed E-state index contributed by atoms with van der Waals surface area (Å²) in [5.74, 6) is 7.34. The Bertz CT molecular complexity index is 830. The van der Waals surface area contributed by atoms with Crippen molar-refractivity contribution in [3.05, 3.63) is 121 Å². The molecule has 1 fully saturated rings. The summed E-state index contributed by atoms with van der Waals surface area (Å²) in [6.07, 6.45) is 6.97. The zero-order valence-corrected chi connectivity index (χ0v) is 23.9. The van der Waals surface area contributed by atoms with Crippen LogP contribution in [-0.4, -0.2) is 6.30 Å². The Morgan fingerprint density at radius 2 is 0.667 bits per heavy atom. The van der Waals surface area contributed by atoms with Gasteiger partial charge in [0, 0.05) is 0 Å². The van der Waals surface area contributed by atoms with Crippen molar-refractivity contribution in [3.63, 3.8) is 0 Å². The van der Waals surface area contributed by atoms with Gasteiger partial charge in [0.2, 0.25) is 0 Å². The Kier molecular flexibility index (Phi) is 12.1. The zero-order chi connectivity index (χ0) is 24.4. The minimum absolute atomic E-state index is 0.556. The molecule has 0 spiro atoms. The summed E-state index contributed by atoms with van der Waals surface area (Å²) in [4.78, 5) is 0. The van der Waals surface area contributed by atoms with E-state index >= 15 is 0 Å². The Hall–Kier alpha value is -0.746. The van der Waals surface area contributed by atoms with E-state index < -0.39 is 23.9 Å². The summed E-state index contributed by atoms with van der Waals surface area (Å²) in [5.41, 5.74) is 0. The Labute approximate surface area is 218 Å². The van der Waals surface area contributed by atoms with Crippen LogP contribution in [0.15, 0.2) is 91.0 Å². The van der Waals surface area contributed by atoms with Crippen LogP contribution in [0, 0.1) is 29.6 Å². The van der Waals surface area contributed by atoms with Crippen LogP contribution in [-0.2, 0) is 17.0 Å². The molecule has 0 atom stereocenters. The molecule has 0 amide bonds. The minimum atomic E-state index is -2.03. The van der Waals surface area contributed by atoms with Gasteiger partial charge in [0.1, 0.15) is 0 Å². The number of hydrogen-bond donors (Lipinski definition) is 0. The second kappa shape index (κ2) is 14.0. The summed E-state index contributed by atoms with van der Waals surface area (Å²) in [5, 5.41) is 3.62. The Morgan fingerprint density at radius 3 is 0.848 bits per heavy atom. The SMILES string of the molecule is C[C]1[C](C)[C](C)[C](C)[C]1C.[CH-]=P(c1ccccc1)(c1ccccc1)c1ccccc1.[Cl][Ti][Cl]. The van der Waals surface area contributed by atoms with Crippen molar-refractivity contribution in [3.8, 4) is 0 Å². The first-order valence-corrected chi connectivity index (χ1v) is 16.9. The van der Waals surface area contributed by atoms with Gasteiger partial charge in [-0.1, -0.05) is 126 Å². The first-order chi connectivity index (χ1) is 15.8. The third-order valence-electron chi connectivity index (χ3n) is 6.30. The summed E-state index contributed by atoms with van der Waals surface area (Å²) in [6.45, 7) is 8.97. The van der Waals surface area contributed by atoms with Gasteiger partial charge < -0.3 is 6.30 Å². The van der Waals surface area contributed by atoms with Gasteiger partial charge in [0.25, 0.3) is 0 Å². The second-order valence-corrected chi connectivity index (χ2v) is 13.5. The van der Waals surface area contributed by atoms with Crippen LogP contribution in [0.4, 0.5) is 0 Å². The third-order valence-corrected chi connectivity index (χ3v) is 9.64. The predicted molar refractivity (Wildman–Crippen MR) is 148 cm³/mol. The molecule has 0 N–H and O–H groups in total. The number of benzene rings is 3. The van der Waals surface area contributed by atoms with E-state index in [4.69, 9.17) is 24.9 Å². The van der Waals surface area contributed by atoms with Crippen molar-refractivity contribution in [2.75, 3.05) is 0 Å². The molecule has 0 heterocycles. The van der Waals surface area contributed by atoms with Gasteiger partial charge in [-0.15, -0.1) is 0 Å². The van der Waals surface area contributed by atoms with Gasteiger partial charge in [-0.05, 0) is 45.5 Å². The van der Waals surface area contributed by atoms with Crippen molar-refractivity contribution in [1.82, 2.24) is 0 Å². The molecular formula is C29H31Cl2PTi-. The summed E-state index contributed by atoms with van der Waals surface area (Å²) in [7, 11) is 9.78. The second-order valence-electron chi connectivity index (χ2n) is 7.93. The molecule has 0 unspecified atom stereocenters. The molecule has 0 bridgehead atoms. The van der Waals surface area contributed by atoms with E-state index in [2.05, 4.69) is 107 Å². The molecule has 5 radical (unpaired) electrons. The van der Waals surface area contributed by atoms with Crippen molar-refractivity contribution in [2.45, 2.75) is 34.6 Å². The average Bonchev–Trinajstić information content (AvgIpc) is 3.03. The van der Waals surface area contributed by atoms with Crippen LogP contribution in [0.25, 0.3) is 0 Å². The molecule has 1 aliphatic carbocycles. The van der Waals surface area contributed by atoms with Crippen LogP contribution < -0.4 is 15.9 Å².